The summed E-state index contributed by atoms with van der Waals surface area (Å²) in [4.78, 5) is 43.5. The summed E-state index contributed by atoms with van der Waals surface area (Å²) < 4.78 is 5.47. The summed E-state index contributed by atoms with van der Waals surface area (Å²) in [5.74, 6) is -0.117. The topological polar surface area (TPSA) is 79.0 Å². The second-order valence-electron chi connectivity index (χ2n) is 10.8. The summed E-state index contributed by atoms with van der Waals surface area (Å²) in [5, 5.41) is 3.13. The van der Waals surface area contributed by atoms with E-state index < -0.39 is 6.04 Å². The quantitative estimate of drug-likeness (QED) is 0.286. The Bertz CT molecular complexity index is 1660. The Balaban J connectivity index is 1.12. The summed E-state index contributed by atoms with van der Waals surface area (Å²) in [6.45, 7) is 1.59. The van der Waals surface area contributed by atoms with Crippen molar-refractivity contribution in [1.82, 2.24) is 4.90 Å². The van der Waals surface area contributed by atoms with Gasteiger partial charge >= 0.3 is 6.09 Å². The second kappa shape index (κ2) is 10.3. The number of ether oxygens (including phenoxy) is 1. The molecule has 1 unspecified atom stereocenters. The number of amides is 2. The van der Waals surface area contributed by atoms with E-state index in [0.29, 0.717) is 36.5 Å². The number of anilines is 2. The van der Waals surface area contributed by atoms with E-state index in [2.05, 4.69) is 10.2 Å². The van der Waals surface area contributed by atoms with E-state index >= 15 is 0 Å². The first-order valence-electron chi connectivity index (χ1n) is 14.0. The average Bonchev–Trinajstić information content (AvgIpc) is 3.29. The van der Waals surface area contributed by atoms with Crippen molar-refractivity contribution < 1.29 is 19.1 Å². The Morgan fingerprint density at radius 2 is 1.46 bits per heavy atom. The van der Waals surface area contributed by atoms with Crippen molar-refractivity contribution in [2.45, 2.75) is 31.5 Å². The molecule has 41 heavy (non-hydrogen) atoms. The summed E-state index contributed by atoms with van der Waals surface area (Å²) in [7, 11) is 0. The highest BCUT2D eigenvalue weighted by Gasteiger charge is 2.37. The van der Waals surface area contributed by atoms with Gasteiger partial charge in [-0.05, 0) is 53.8 Å². The maximum absolute atomic E-state index is 13.9. The molecule has 1 N–H and O–H groups in total. The number of rotatable bonds is 5. The fourth-order valence-electron chi connectivity index (χ4n) is 6.40. The monoisotopic (exact) mass is 543 g/mol. The van der Waals surface area contributed by atoms with Gasteiger partial charge in [0.25, 0.3) is 0 Å². The zero-order valence-corrected chi connectivity index (χ0v) is 22.5. The van der Waals surface area contributed by atoms with Gasteiger partial charge in [-0.15, -0.1) is 0 Å². The Morgan fingerprint density at radius 1 is 0.780 bits per heavy atom. The number of carbonyl (C=O) groups excluding carboxylic acids is 3. The number of hydrogen-bond donors (Lipinski definition) is 1. The lowest BCUT2D eigenvalue weighted by Crippen LogP contribution is -2.51. The van der Waals surface area contributed by atoms with Gasteiger partial charge in [0.1, 0.15) is 12.6 Å². The number of piperidine rings is 1. The van der Waals surface area contributed by atoms with Gasteiger partial charge in [0.05, 0.1) is 5.69 Å². The number of ketones is 1. The molecule has 1 atom stereocenters. The molecule has 0 bridgehead atoms. The molecule has 7 rings (SSSR count). The molecular formula is C34H29N3O4. The van der Waals surface area contributed by atoms with Crippen LogP contribution in [0.4, 0.5) is 16.2 Å². The zero-order chi connectivity index (χ0) is 27.9. The van der Waals surface area contributed by atoms with Crippen LogP contribution in [-0.4, -0.2) is 41.8 Å². The average molecular weight is 544 g/mol. The summed E-state index contributed by atoms with van der Waals surface area (Å²) in [6, 6.07) is 30.2. The Kier molecular flexibility index (Phi) is 6.36. The number of fused-ring (bicyclic) bond motifs is 4. The maximum Gasteiger partial charge on any atom is 0.414 e. The Hall–Kier alpha value is -4.75. The van der Waals surface area contributed by atoms with Crippen LogP contribution in [0.5, 0.6) is 0 Å². The molecule has 7 nitrogen and oxygen atoms in total. The van der Waals surface area contributed by atoms with E-state index in [1.807, 2.05) is 84.9 Å². The fourth-order valence-corrected chi connectivity index (χ4v) is 6.40. The van der Waals surface area contributed by atoms with E-state index in [1.54, 1.807) is 17.0 Å². The standard InChI is InChI=1S/C34H29N3O4/c38-32-27-12-6-5-11-26(27)29-20-24(14-15-28(29)32)35-33(39)31(22-8-2-1-3-9-22)36-18-16-25(17-19-36)37-30-13-7-4-10-23(30)21-41-34(37)40/h1-15,20,25,31H,16-19,21H2,(H,35,39). The molecule has 2 heterocycles. The van der Waals surface area contributed by atoms with Crippen molar-refractivity contribution in [3.05, 3.63) is 119 Å². The maximum atomic E-state index is 13.9. The van der Waals surface area contributed by atoms with Crippen molar-refractivity contribution in [2.24, 2.45) is 0 Å². The molecule has 0 saturated carbocycles. The van der Waals surface area contributed by atoms with Gasteiger partial charge in [0, 0.05) is 41.5 Å². The summed E-state index contributed by atoms with van der Waals surface area (Å²) >= 11 is 0. The molecule has 0 spiro atoms. The van der Waals surface area contributed by atoms with Crippen LogP contribution in [0.2, 0.25) is 0 Å². The largest absolute Gasteiger partial charge is 0.444 e. The van der Waals surface area contributed by atoms with Gasteiger partial charge in [-0.1, -0.05) is 72.8 Å². The van der Waals surface area contributed by atoms with E-state index in [4.69, 9.17) is 4.74 Å². The first-order valence-corrected chi connectivity index (χ1v) is 14.0. The van der Waals surface area contributed by atoms with Crippen LogP contribution in [0.25, 0.3) is 11.1 Å². The summed E-state index contributed by atoms with van der Waals surface area (Å²) in [5.41, 5.74) is 6.57. The molecule has 7 heteroatoms. The zero-order valence-electron chi connectivity index (χ0n) is 22.5. The van der Waals surface area contributed by atoms with Gasteiger partial charge in [-0.25, -0.2) is 4.79 Å². The van der Waals surface area contributed by atoms with E-state index in [0.717, 1.165) is 40.8 Å². The molecule has 1 aliphatic carbocycles. The van der Waals surface area contributed by atoms with Crippen molar-refractivity contribution in [3.8, 4) is 11.1 Å². The highest BCUT2D eigenvalue weighted by atomic mass is 16.6. The van der Waals surface area contributed by atoms with Crippen LogP contribution in [0, 0.1) is 0 Å². The normalized spacial score (nSPS) is 17.3. The highest BCUT2D eigenvalue weighted by molar-refractivity contribution is 6.22. The fraction of sp³-hybridized carbons (Fsp3) is 0.206. The lowest BCUT2D eigenvalue weighted by atomic mass is 9.96. The van der Waals surface area contributed by atoms with E-state index in [9.17, 15) is 14.4 Å². The molecule has 0 radical (unpaired) electrons. The minimum Gasteiger partial charge on any atom is -0.444 e. The lowest BCUT2D eigenvalue weighted by molar-refractivity contribution is -0.122. The minimum absolute atomic E-state index is 0.00555. The number of para-hydroxylation sites is 1. The first kappa shape index (κ1) is 25.2. The van der Waals surface area contributed by atoms with Gasteiger partial charge in [0.15, 0.2) is 5.78 Å². The third kappa shape index (κ3) is 4.48. The number of carbonyl (C=O) groups is 3. The van der Waals surface area contributed by atoms with Crippen LogP contribution < -0.4 is 10.2 Å². The van der Waals surface area contributed by atoms with Crippen molar-refractivity contribution >= 4 is 29.2 Å². The Labute approximate surface area is 238 Å². The minimum atomic E-state index is -0.500. The molecule has 1 fully saturated rings. The van der Waals surface area contributed by atoms with Gasteiger partial charge in [-0.2, -0.15) is 0 Å². The number of benzene rings is 4. The molecule has 2 amide bonds. The van der Waals surface area contributed by atoms with E-state index in [-0.39, 0.29) is 23.8 Å². The number of nitrogens with zero attached hydrogens (tertiary/aromatic N) is 2. The van der Waals surface area contributed by atoms with Crippen LogP contribution >= 0.6 is 0 Å². The predicted molar refractivity (Wildman–Crippen MR) is 157 cm³/mol. The number of nitrogens with one attached hydrogen (secondary N) is 1. The van der Waals surface area contributed by atoms with Gasteiger partial charge in [0.2, 0.25) is 5.91 Å². The van der Waals surface area contributed by atoms with Crippen LogP contribution in [0.15, 0.2) is 97.1 Å². The molecule has 2 aliphatic heterocycles. The third-order valence-electron chi connectivity index (χ3n) is 8.39. The number of hydrogen-bond acceptors (Lipinski definition) is 5. The van der Waals surface area contributed by atoms with E-state index in [1.165, 1.54) is 0 Å². The molecule has 204 valence electrons. The SMILES string of the molecule is O=C1c2ccccc2-c2cc(NC(=O)C(c3ccccc3)N3CCC(N4C(=O)OCc5ccccc54)CC3)ccc21. The lowest BCUT2D eigenvalue weighted by Gasteiger charge is -2.42. The molecule has 4 aromatic carbocycles. The number of cyclic esters (lactones) is 1. The molecule has 0 aromatic heterocycles. The molecule has 4 aromatic rings. The predicted octanol–water partition coefficient (Wildman–Crippen LogP) is 6.20. The van der Waals surface area contributed by atoms with Crippen molar-refractivity contribution in [3.63, 3.8) is 0 Å². The summed E-state index contributed by atoms with van der Waals surface area (Å²) in [6.07, 6.45) is 1.13. The first-order chi connectivity index (χ1) is 20.1. The van der Waals surface area contributed by atoms with Crippen molar-refractivity contribution in [2.75, 3.05) is 23.3 Å². The molecular weight excluding hydrogens is 514 g/mol. The Morgan fingerprint density at radius 3 is 2.27 bits per heavy atom. The molecule has 3 aliphatic rings. The second-order valence-corrected chi connectivity index (χ2v) is 10.8. The van der Waals surface area contributed by atoms with Gasteiger partial charge in [-0.3, -0.25) is 19.4 Å². The van der Waals surface area contributed by atoms with Crippen molar-refractivity contribution in [1.29, 1.82) is 0 Å². The van der Waals surface area contributed by atoms with Gasteiger partial charge < -0.3 is 10.1 Å². The third-order valence-corrected chi connectivity index (χ3v) is 8.39. The van der Waals surface area contributed by atoms with Crippen LogP contribution in [0.1, 0.15) is 45.9 Å². The number of likely N-dealkylation sites (tertiary alicyclic amines) is 1. The smallest absolute Gasteiger partial charge is 0.414 e. The highest BCUT2D eigenvalue weighted by Crippen LogP contribution is 2.38. The van der Waals surface area contributed by atoms with Crippen LogP contribution in [0.3, 0.4) is 0 Å². The molecule has 1 saturated heterocycles. The van der Waals surface area contributed by atoms with Crippen LogP contribution in [-0.2, 0) is 16.1 Å².